The van der Waals surface area contributed by atoms with Crippen LogP contribution in [0.5, 0.6) is 5.75 Å². The van der Waals surface area contributed by atoms with E-state index in [1.165, 1.54) is 11.3 Å². The minimum absolute atomic E-state index is 0.764. The lowest BCUT2D eigenvalue weighted by molar-refractivity contribution is 0.416. The van der Waals surface area contributed by atoms with Crippen LogP contribution < -0.4 is 10.1 Å². The van der Waals surface area contributed by atoms with E-state index in [2.05, 4.69) is 52.5 Å². The lowest BCUT2D eigenvalue weighted by Crippen LogP contribution is -2.08. The van der Waals surface area contributed by atoms with Crippen molar-refractivity contribution >= 4 is 5.69 Å². The van der Waals surface area contributed by atoms with Gasteiger partial charge in [0.25, 0.3) is 0 Å². The van der Waals surface area contributed by atoms with Crippen molar-refractivity contribution in [3.63, 3.8) is 0 Å². The fraction of sp³-hybridized carbons (Fsp3) is 0.158. The fourth-order valence-corrected chi connectivity index (χ4v) is 2.52. The van der Waals surface area contributed by atoms with Crippen LogP contribution in [0.4, 0.5) is 5.69 Å². The average molecular weight is 292 g/mol. The van der Waals surface area contributed by atoms with Crippen LogP contribution in [-0.4, -0.2) is 11.7 Å². The molecule has 0 aliphatic heterocycles. The van der Waals surface area contributed by atoms with Crippen molar-refractivity contribution in [3.8, 4) is 5.75 Å². The van der Waals surface area contributed by atoms with Crippen LogP contribution in [0, 0.1) is 0 Å². The van der Waals surface area contributed by atoms with Gasteiger partial charge in [0.2, 0.25) is 0 Å². The van der Waals surface area contributed by atoms with Gasteiger partial charge in [0, 0.05) is 18.4 Å². The van der Waals surface area contributed by atoms with E-state index in [1.807, 2.05) is 30.3 Å². The predicted molar refractivity (Wildman–Crippen MR) is 90.3 cm³/mol. The molecule has 2 aromatic carbocycles. The van der Waals surface area contributed by atoms with Gasteiger partial charge in [-0.15, -0.1) is 0 Å². The zero-order valence-corrected chi connectivity index (χ0v) is 12.7. The summed E-state index contributed by atoms with van der Waals surface area (Å²) in [4.78, 5) is 0. The maximum atomic E-state index is 5.37. The van der Waals surface area contributed by atoms with Crippen LogP contribution in [0.25, 0.3) is 0 Å². The monoisotopic (exact) mass is 292 g/mol. The summed E-state index contributed by atoms with van der Waals surface area (Å²) in [6.07, 6.45) is 2.12. The molecule has 3 nitrogen and oxygen atoms in total. The molecular weight excluding hydrogens is 272 g/mol. The molecule has 3 heteroatoms. The number of para-hydroxylation sites is 2. The number of methoxy groups -OCH3 is 1. The average Bonchev–Trinajstić information content (AvgIpc) is 3.01. The van der Waals surface area contributed by atoms with E-state index >= 15 is 0 Å². The number of ether oxygens (including phenoxy) is 1. The summed E-state index contributed by atoms with van der Waals surface area (Å²) in [6, 6.07) is 22.7. The second kappa shape index (κ2) is 6.85. The normalized spacial score (nSPS) is 10.4. The largest absolute Gasteiger partial charge is 0.495 e. The molecule has 0 radical (unpaired) electrons. The first-order valence-electron chi connectivity index (χ1n) is 7.41. The lowest BCUT2D eigenvalue weighted by atomic mass is 10.2. The third-order valence-corrected chi connectivity index (χ3v) is 3.69. The molecule has 3 rings (SSSR count). The molecule has 1 aromatic heterocycles. The predicted octanol–water partition coefficient (Wildman–Crippen LogP) is 4.16. The van der Waals surface area contributed by atoms with Gasteiger partial charge < -0.3 is 14.6 Å². The summed E-state index contributed by atoms with van der Waals surface area (Å²) in [6.45, 7) is 1.65. The quantitative estimate of drug-likeness (QED) is 0.738. The van der Waals surface area contributed by atoms with Crippen molar-refractivity contribution in [2.75, 3.05) is 12.4 Å². The number of rotatable bonds is 6. The molecule has 1 N–H and O–H groups in total. The van der Waals surface area contributed by atoms with Gasteiger partial charge >= 0.3 is 0 Å². The van der Waals surface area contributed by atoms with Gasteiger partial charge in [0.05, 0.1) is 19.3 Å². The van der Waals surface area contributed by atoms with Crippen LogP contribution in [0.3, 0.4) is 0 Å². The molecule has 22 heavy (non-hydrogen) atoms. The Balaban J connectivity index is 1.70. The van der Waals surface area contributed by atoms with Crippen LogP contribution in [0.1, 0.15) is 11.3 Å². The number of nitrogens with zero attached hydrogens (tertiary/aromatic N) is 1. The first-order valence-corrected chi connectivity index (χ1v) is 7.41. The topological polar surface area (TPSA) is 26.2 Å². The van der Waals surface area contributed by atoms with E-state index in [-0.39, 0.29) is 0 Å². The molecule has 0 unspecified atom stereocenters. The molecule has 0 saturated heterocycles. The second-order valence-electron chi connectivity index (χ2n) is 5.17. The molecule has 0 bridgehead atoms. The molecule has 112 valence electrons. The highest BCUT2D eigenvalue weighted by Crippen LogP contribution is 2.23. The second-order valence-corrected chi connectivity index (χ2v) is 5.17. The maximum absolute atomic E-state index is 5.37. The van der Waals surface area contributed by atoms with Gasteiger partial charge in [0.15, 0.2) is 0 Å². The number of nitrogens with one attached hydrogen (secondary N) is 1. The Labute approximate surface area is 131 Å². The third-order valence-electron chi connectivity index (χ3n) is 3.69. The first-order chi connectivity index (χ1) is 10.9. The zero-order chi connectivity index (χ0) is 15.2. The Morgan fingerprint density at radius 3 is 2.50 bits per heavy atom. The SMILES string of the molecule is COc1ccccc1NCc1cccn1Cc1ccccc1. The maximum Gasteiger partial charge on any atom is 0.141 e. The Hall–Kier alpha value is -2.68. The molecule has 0 atom stereocenters. The van der Waals surface area contributed by atoms with E-state index in [4.69, 9.17) is 4.74 Å². The Bertz CT molecular complexity index is 719. The highest BCUT2D eigenvalue weighted by atomic mass is 16.5. The molecule has 0 amide bonds. The standard InChI is InChI=1S/C19H20N2O/c1-22-19-12-6-5-11-18(19)20-14-17-10-7-13-21(17)15-16-8-3-2-4-9-16/h2-13,20H,14-15H2,1H3. The minimum atomic E-state index is 0.764. The van der Waals surface area contributed by atoms with Gasteiger partial charge in [-0.05, 0) is 29.8 Å². The van der Waals surface area contributed by atoms with Crippen LogP contribution in [-0.2, 0) is 13.1 Å². The number of hydrogen-bond acceptors (Lipinski definition) is 2. The number of benzene rings is 2. The third kappa shape index (κ3) is 3.31. The van der Waals surface area contributed by atoms with Crippen molar-refractivity contribution in [1.82, 2.24) is 4.57 Å². The Kier molecular flexibility index (Phi) is 4.44. The Morgan fingerprint density at radius 1 is 0.909 bits per heavy atom. The van der Waals surface area contributed by atoms with Crippen LogP contribution in [0.15, 0.2) is 72.9 Å². The summed E-state index contributed by atoms with van der Waals surface area (Å²) in [5, 5.41) is 3.45. The zero-order valence-electron chi connectivity index (χ0n) is 12.7. The first kappa shape index (κ1) is 14.3. The van der Waals surface area contributed by atoms with E-state index in [0.29, 0.717) is 0 Å². The van der Waals surface area contributed by atoms with Gasteiger partial charge in [-0.2, -0.15) is 0 Å². The molecule has 3 aromatic rings. The molecular formula is C19H20N2O. The van der Waals surface area contributed by atoms with E-state index < -0.39 is 0 Å². The van der Waals surface area contributed by atoms with Crippen molar-refractivity contribution in [2.45, 2.75) is 13.1 Å². The molecule has 0 aliphatic rings. The summed E-state index contributed by atoms with van der Waals surface area (Å²) >= 11 is 0. The van der Waals surface area contributed by atoms with Crippen molar-refractivity contribution < 1.29 is 4.74 Å². The van der Waals surface area contributed by atoms with Gasteiger partial charge in [-0.25, -0.2) is 0 Å². The molecule has 1 heterocycles. The van der Waals surface area contributed by atoms with Crippen molar-refractivity contribution in [3.05, 3.63) is 84.2 Å². The highest BCUT2D eigenvalue weighted by molar-refractivity contribution is 5.56. The molecule has 0 fully saturated rings. The smallest absolute Gasteiger partial charge is 0.141 e. The van der Waals surface area contributed by atoms with E-state index in [1.54, 1.807) is 7.11 Å². The highest BCUT2D eigenvalue weighted by Gasteiger charge is 2.04. The fourth-order valence-electron chi connectivity index (χ4n) is 2.52. The Morgan fingerprint density at radius 2 is 1.68 bits per heavy atom. The number of aromatic nitrogens is 1. The van der Waals surface area contributed by atoms with Gasteiger partial charge in [-0.3, -0.25) is 0 Å². The van der Waals surface area contributed by atoms with Crippen molar-refractivity contribution in [2.24, 2.45) is 0 Å². The number of hydrogen-bond donors (Lipinski definition) is 1. The summed E-state index contributed by atoms with van der Waals surface area (Å²) in [5.41, 5.74) is 3.56. The minimum Gasteiger partial charge on any atom is -0.495 e. The molecule has 0 aliphatic carbocycles. The van der Waals surface area contributed by atoms with Gasteiger partial charge in [-0.1, -0.05) is 42.5 Å². The van der Waals surface area contributed by atoms with Gasteiger partial charge in [0.1, 0.15) is 5.75 Å². The molecule has 0 saturated carbocycles. The molecule has 0 spiro atoms. The van der Waals surface area contributed by atoms with Crippen LogP contribution >= 0.6 is 0 Å². The summed E-state index contributed by atoms with van der Waals surface area (Å²) < 4.78 is 7.63. The van der Waals surface area contributed by atoms with E-state index in [0.717, 1.165) is 24.5 Å². The lowest BCUT2D eigenvalue weighted by Gasteiger charge is -2.13. The summed E-state index contributed by atoms with van der Waals surface area (Å²) in [5.74, 6) is 0.865. The van der Waals surface area contributed by atoms with Crippen molar-refractivity contribution in [1.29, 1.82) is 0 Å². The van der Waals surface area contributed by atoms with Crippen LogP contribution in [0.2, 0.25) is 0 Å². The summed E-state index contributed by atoms with van der Waals surface area (Å²) in [7, 11) is 1.69. The number of anilines is 1. The van der Waals surface area contributed by atoms with E-state index in [9.17, 15) is 0 Å².